The molecule has 9 aromatic rings. The molecule has 2 unspecified atom stereocenters. The third-order valence-corrected chi connectivity index (χ3v) is 16.2. The number of hydrogen-bond donors (Lipinski definition) is 0. The quantitative estimate of drug-likeness (QED) is 0.148. The average molecular weight is 876 g/mol. The number of rotatable bonds is 7. The van der Waals surface area contributed by atoms with Gasteiger partial charge in [0.15, 0.2) is 0 Å². The molecule has 1 saturated carbocycles. The maximum Gasteiger partial charge on any atom is 0.252 e. The number of fused-ring (bicyclic) bond motifs is 7. The lowest BCUT2D eigenvalue weighted by Crippen LogP contribution is -2.64. The summed E-state index contributed by atoms with van der Waals surface area (Å²) in [5.74, 6) is 0. The first kappa shape index (κ1) is 40.7. The van der Waals surface area contributed by atoms with Gasteiger partial charge in [0.2, 0.25) is 0 Å². The van der Waals surface area contributed by atoms with E-state index in [1.807, 2.05) is 0 Å². The molecule has 0 aromatic heterocycles. The maximum absolute atomic E-state index is 2.87. The highest BCUT2D eigenvalue weighted by atomic mass is 15.3. The van der Waals surface area contributed by atoms with E-state index in [0.29, 0.717) is 0 Å². The topological polar surface area (TPSA) is 9.72 Å². The zero-order valence-electron chi connectivity index (χ0n) is 39.4. The predicted octanol–water partition coefficient (Wildman–Crippen LogP) is 15.1. The summed E-state index contributed by atoms with van der Waals surface area (Å²) < 4.78 is 0. The Morgan fingerprint density at radius 2 is 0.985 bits per heavy atom. The van der Waals surface area contributed by atoms with Crippen LogP contribution in [0.4, 0.5) is 45.5 Å². The van der Waals surface area contributed by atoms with Gasteiger partial charge in [0.05, 0.1) is 11.2 Å². The minimum Gasteiger partial charge on any atom is -0.335 e. The van der Waals surface area contributed by atoms with E-state index in [9.17, 15) is 0 Å². The first-order chi connectivity index (χ1) is 33.3. The molecule has 0 amide bonds. The summed E-state index contributed by atoms with van der Waals surface area (Å²) in [6.07, 6.45) is 4.73. The van der Waals surface area contributed by atoms with Crippen molar-refractivity contribution in [2.24, 2.45) is 0 Å². The molecule has 0 spiro atoms. The van der Waals surface area contributed by atoms with Crippen LogP contribution in [0.1, 0.15) is 56.2 Å². The van der Waals surface area contributed by atoms with Crippen molar-refractivity contribution in [1.29, 1.82) is 0 Å². The van der Waals surface area contributed by atoms with Gasteiger partial charge in [0.25, 0.3) is 6.71 Å². The summed E-state index contributed by atoms with van der Waals surface area (Å²) in [4.78, 5) is 7.97. The van der Waals surface area contributed by atoms with Crippen LogP contribution in [-0.2, 0) is 5.41 Å². The molecule has 0 N–H and O–H groups in total. The Morgan fingerprint density at radius 3 is 1.62 bits per heavy atom. The van der Waals surface area contributed by atoms with E-state index < -0.39 is 0 Å². The first-order valence-electron chi connectivity index (χ1n) is 24.6. The fourth-order valence-corrected chi connectivity index (χ4v) is 12.8. The fourth-order valence-electron chi connectivity index (χ4n) is 12.8. The zero-order valence-corrected chi connectivity index (χ0v) is 39.4. The SMILES string of the molecule is Cc1cccc(N(c2cccc(C)c2)c2cc3c4c(c2)N2c5c(cc(-c6ccccc6)cc5C5(C)CCCCC25C)B4c2cc(-c4ccccc4)ccc2N3c2ccc(-c3ccccc3)cc2)c1. The highest BCUT2D eigenvalue weighted by molar-refractivity contribution is 7.00. The Morgan fingerprint density at radius 1 is 0.441 bits per heavy atom. The number of anilines is 8. The monoisotopic (exact) mass is 875 g/mol. The van der Waals surface area contributed by atoms with Crippen molar-refractivity contribution in [1.82, 2.24) is 0 Å². The number of nitrogens with zero attached hydrogens (tertiary/aromatic N) is 3. The molecule has 1 fully saturated rings. The standard InChI is InChI=1S/C64H54BN3/c1-43-18-16-26-52(36-43)66(53-27-17-19-44(2)37-53)54-41-59-61-60(42-54)68-62-55(63(3)34-14-15-35-64(63,68)4)38-50(47-24-12-7-13-25-47)40-57(62)65(61)56-39-49(46-22-10-6-11-23-46)30-33-58(56)67(59)51-31-28-48(29-32-51)45-20-8-5-9-21-45/h5-13,16-33,36-42H,14-15,34-35H2,1-4H3. The van der Waals surface area contributed by atoms with Crippen molar-refractivity contribution < 1.29 is 0 Å². The highest BCUT2D eigenvalue weighted by Crippen LogP contribution is 2.63. The van der Waals surface area contributed by atoms with Gasteiger partial charge in [-0.2, -0.15) is 0 Å². The van der Waals surface area contributed by atoms with E-state index in [4.69, 9.17) is 0 Å². The van der Waals surface area contributed by atoms with Crippen LogP contribution in [0.5, 0.6) is 0 Å². The maximum atomic E-state index is 2.87. The fraction of sp³-hybridized carbons (Fsp3) is 0.156. The molecule has 0 bridgehead atoms. The van der Waals surface area contributed by atoms with Gasteiger partial charge >= 0.3 is 0 Å². The molecule has 9 aromatic carbocycles. The second-order valence-electron chi connectivity index (χ2n) is 20.2. The lowest BCUT2D eigenvalue weighted by molar-refractivity contribution is 0.195. The summed E-state index contributed by atoms with van der Waals surface area (Å²) in [7, 11) is 0. The van der Waals surface area contributed by atoms with Crippen molar-refractivity contribution in [3.05, 3.63) is 223 Å². The van der Waals surface area contributed by atoms with Crippen molar-refractivity contribution in [3.8, 4) is 33.4 Å². The summed E-state index contributed by atoms with van der Waals surface area (Å²) in [6, 6.07) is 77.7. The van der Waals surface area contributed by atoms with Crippen LogP contribution in [0, 0.1) is 13.8 Å². The molecule has 68 heavy (non-hydrogen) atoms. The molecule has 4 aliphatic rings. The Bertz CT molecular complexity index is 3380. The number of aryl methyl sites for hydroxylation is 2. The van der Waals surface area contributed by atoms with E-state index >= 15 is 0 Å². The van der Waals surface area contributed by atoms with E-state index in [-0.39, 0.29) is 17.7 Å². The predicted molar refractivity (Wildman–Crippen MR) is 289 cm³/mol. The Kier molecular flexibility index (Phi) is 9.28. The van der Waals surface area contributed by atoms with Crippen LogP contribution in [0.25, 0.3) is 33.4 Å². The van der Waals surface area contributed by atoms with E-state index in [2.05, 4.69) is 249 Å². The van der Waals surface area contributed by atoms with Gasteiger partial charge in [0.1, 0.15) is 0 Å². The van der Waals surface area contributed by atoms with Gasteiger partial charge in [-0.3, -0.25) is 0 Å². The molecule has 1 aliphatic carbocycles. The van der Waals surface area contributed by atoms with Gasteiger partial charge < -0.3 is 14.7 Å². The molecule has 3 heterocycles. The third-order valence-electron chi connectivity index (χ3n) is 16.2. The van der Waals surface area contributed by atoms with Crippen LogP contribution in [0.15, 0.2) is 206 Å². The second-order valence-corrected chi connectivity index (χ2v) is 20.2. The van der Waals surface area contributed by atoms with Crippen molar-refractivity contribution >= 4 is 68.6 Å². The molecular weight excluding hydrogens is 822 g/mol. The minimum atomic E-state index is -0.152. The van der Waals surface area contributed by atoms with Crippen molar-refractivity contribution in [2.75, 3.05) is 14.7 Å². The van der Waals surface area contributed by atoms with Crippen LogP contribution >= 0.6 is 0 Å². The van der Waals surface area contributed by atoms with Gasteiger partial charge in [-0.25, -0.2) is 0 Å². The molecule has 13 rings (SSSR count). The minimum absolute atomic E-state index is 0.0139. The molecule has 3 nitrogen and oxygen atoms in total. The summed E-state index contributed by atoms with van der Waals surface area (Å²) >= 11 is 0. The van der Waals surface area contributed by atoms with Crippen LogP contribution in [0.3, 0.4) is 0 Å². The molecule has 3 aliphatic heterocycles. The zero-order chi connectivity index (χ0) is 45.7. The van der Waals surface area contributed by atoms with E-state index in [1.165, 1.54) is 102 Å². The molecule has 2 atom stereocenters. The summed E-state index contributed by atoms with van der Waals surface area (Å²) in [5, 5.41) is 0. The smallest absolute Gasteiger partial charge is 0.252 e. The lowest BCUT2D eigenvalue weighted by atomic mass is 9.33. The Labute approximate surface area is 402 Å². The van der Waals surface area contributed by atoms with Gasteiger partial charge in [0, 0.05) is 45.2 Å². The van der Waals surface area contributed by atoms with Crippen molar-refractivity contribution in [3.63, 3.8) is 0 Å². The van der Waals surface area contributed by atoms with E-state index in [1.54, 1.807) is 0 Å². The summed E-state index contributed by atoms with van der Waals surface area (Å²) in [5.41, 5.74) is 25.2. The molecule has 328 valence electrons. The third kappa shape index (κ3) is 6.13. The molecular formula is C64H54BN3. The lowest BCUT2D eigenvalue weighted by Gasteiger charge is -2.53. The first-order valence-corrected chi connectivity index (χ1v) is 24.6. The van der Waals surface area contributed by atoms with Gasteiger partial charge in [-0.15, -0.1) is 0 Å². The largest absolute Gasteiger partial charge is 0.335 e. The molecule has 0 radical (unpaired) electrons. The highest BCUT2D eigenvalue weighted by Gasteiger charge is 2.61. The van der Waals surface area contributed by atoms with Crippen LogP contribution in [0.2, 0.25) is 0 Å². The number of hydrogen-bond acceptors (Lipinski definition) is 3. The summed E-state index contributed by atoms with van der Waals surface area (Å²) in [6.45, 7) is 9.60. The van der Waals surface area contributed by atoms with Gasteiger partial charge in [-0.05, 0) is 161 Å². The average Bonchev–Trinajstić information content (AvgIpc) is 3.59. The van der Waals surface area contributed by atoms with Crippen LogP contribution in [-0.4, -0.2) is 12.3 Å². The normalized spacial score (nSPS) is 18.4. The van der Waals surface area contributed by atoms with Crippen LogP contribution < -0.4 is 31.1 Å². The Balaban J connectivity index is 1.16. The number of benzene rings is 9. The van der Waals surface area contributed by atoms with E-state index in [0.717, 1.165) is 35.6 Å². The van der Waals surface area contributed by atoms with Crippen molar-refractivity contribution in [2.45, 2.75) is 64.3 Å². The molecule has 0 saturated heterocycles. The molecule has 4 heteroatoms. The second kappa shape index (κ2) is 15.5. The Hall–Kier alpha value is -7.56. The van der Waals surface area contributed by atoms with Gasteiger partial charge in [-0.1, -0.05) is 165 Å².